The van der Waals surface area contributed by atoms with E-state index in [-0.39, 0.29) is 6.42 Å². The second-order valence-corrected chi connectivity index (χ2v) is 6.36. The summed E-state index contributed by atoms with van der Waals surface area (Å²) in [6.07, 6.45) is -0.00131. The van der Waals surface area contributed by atoms with Crippen LogP contribution in [0.15, 0.2) is 52.3 Å². The van der Waals surface area contributed by atoms with Gasteiger partial charge in [0.05, 0.1) is 6.42 Å². The van der Waals surface area contributed by atoms with E-state index in [4.69, 9.17) is 10.8 Å². The topological polar surface area (TPSA) is 63.3 Å². The summed E-state index contributed by atoms with van der Waals surface area (Å²) >= 11 is 3.83. The minimum atomic E-state index is -0.850. The van der Waals surface area contributed by atoms with Crippen LogP contribution in [0, 0.1) is 3.57 Å². The fourth-order valence-electron chi connectivity index (χ4n) is 1.61. The third kappa shape index (κ3) is 4.14. The number of aliphatic carboxylic acids is 1. The molecule has 0 saturated heterocycles. The van der Waals surface area contributed by atoms with Crippen molar-refractivity contribution in [1.29, 1.82) is 0 Å². The zero-order chi connectivity index (χ0) is 13.8. The maximum absolute atomic E-state index is 10.6. The summed E-state index contributed by atoms with van der Waals surface area (Å²) in [7, 11) is 0. The molecule has 0 bridgehead atoms. The number of carboxylic acid groups (broad SMARTS) is 1. The Balaban J connectivity index is 2.17. The van der Waals surface area contributed by atoms with Crippen LogP contribution in [-0.2, 0) is 11.2 Å². The predicted octanol–water partition coefficient (Wildman–Crippen LogP) is 3.65. The number of benzene rings is 2. The number of anilines is 1. The molecule has 0 aliphatic carbocycles. The average Bonchev–Trinajstić information content (AvgIpc) is 2.34. The summed E-state index contributed by atoms with van der Waals surface area (Å²) in [5.74, 6) is -0.850. The second kappa shape index (κ2) is 6.29. The molecule has 0 aliphatic rings. The van der Waals surface area contributed by atoms with Gasteiger partial charge >= 0.3 is 5.97 Å². The van der Waals surface area contributed by atoms with Crippen molar-refractivity contribution in [1.82, 2.24) is 0 Å². The highest BCUT2D eigenvalue weighted by molar-refractivity contribution is 14.1. The van der Waals surface area contributed by atoms with Crippen LogP contribution in [0.2, 0.25) is 0 Å². The van der Waals surface area contributed by atoms with E-state index in [1.807, 2.05) is 30.3 Å². The Labute approximate surface area is 129 Å². The average molecular weight is 385 g/mol. The first-order chi connectivity index (χ1) is 9.04. The maximum Gasteiger partial charge on any atom is 0.307 e. The van der Waals surface area contributed by atoms with E-state index in [1.165, 1.54) is 3.57 Å². The van der Waals surface area contributed by atoms with E-state index in [0.717, 1.165) is 15.4 Å². The first kappa shape index (κ1) is 14.2. The van der Waals surface area contributed by atoms with Crippen LogP contribution < -0.4 is 5.73 Å². The number of halogens is 1. The van der Waals surface area contributed by atoms with Crippen LogP contribution in [0.3, 0.4) is 0 Å². The summed E-state index contributed by atoms with van der Waals surface area (Å²) < 4.78 is 1.19. The van der Waals surface area contributed by atoms with Gasteiger partial charge in [-0.1, -0.05) is 17.8 Å². The summed E-state index contributed by atoms with van der Waals surface area (Å²) in [4.78, 5) is 12.7. The van der Waals surface area contributed by atoms with E-state index < -0.39 is 5.97 Å². The van der Waals surface area contributed by atoms with Crippen molar-refractivity contribution in [3.63, 3.8) is 0 Å². The smallest absolute Gasteiger partial charge is 0.307 e. The molecule has 3 N–H and O–H groups in total. The lowest BCUT2D eigenvalue weighted by molar-refractivity contribution is -0.136. The van der Waals surface area contributed by atoms with Gasteiger partial charge in [0.2, 0.25) is 0 Å². The molecule has 5 heteroatoms. The van der Waals surface area contributed by atoms with E-state index in [2.05, 4.69) is 22.6 Å². The van der Waals surface area contributed by atoms with Gasteiger partial charge in [0, 0.05) is 19.0 Å². The van der Waals surface area contributed by atoms with Gasteiger partial charge in [-0.3, -0.25) is 4.79 Å². The summed E-state index contributed by atoms with van der Waals surface area (Å²) in [5, 5.41) is 8.74. The molecule has 0 heterocycles. The Bertz CT molecular complexity index is 599. The molecule has 2 aromatic rings. The van der Waals surface area contributed by atoms with Crippen molar-refractivity contribution in [3.8, 4) is 0 Å². The maximum atomic E-state index is 10.6. The Morgan fingerprint density at radius 2 is 1.89 bits per heavy atom. The van der Waals surface area contributed by atoms with Gasteiger partial charge in [0.1, 0.15) is 0 Å². The second-order valence-electron chi connectivity index (χ2n) is 4.00. The molecule has 0 spiro atoms. The Morgan fingerprint density at radius 3 is 2.47 bits per heavy atom. The molecule has 0 saturated carbocycles. The van der Waals surface area contributed by atoms with E-state index in [9.17, 15) is 4.79 Å². The highest BCUT2D eigenvalue weighted by Gasteiger charge is 2.06. The molecule has 98 valence electrons. The van der Waals surface area contributed by atoms with Crippen LogP contribution >= 0.6 is 34.4 Å². The van der Waals surface area contributed by atoms with Crippen molar-refractivity contribution in [3.05, 3.63) is 51.6 Å². The predicted molar refractivity (Wildman–Crippen MR) is 85.5 cm³/mol. The lowest BCUT2D eigenvalue weighted by Crippen LogP contribution is -2.01. The van der Waals surface area contributed by atoms with Gasteiger partial charge in [-0.25, -0.2) is 0 Å². The van der Waals surface area contributed by atoms with Gasteiger partial charge < -0.3 is 10.8 Å². The van der Waals surface area contributed by atoms with Crippen molar-refractivity contribution in [2.45, 2.75) is 16.2 Å². The standard InChI is InChI=1S/C14H12INO2S/c15-10-2-4-11(5-3-10)19-13-6-1-9(7-12(13)16)8-14(17)18/h1-7H,8,16H2,(H,17,18). The molecule has 19 heavy (non-hydrogen) atoms. The molecular weight excluding hydrogens is 373 g/mol. The van der Waals surface area contributed by atoms with Crippen molar-refractivity contribution < 1.29 is 9.90 Å². The quantitative estimate of drug-likeness (QED) is 0.623. The van der Waals surface area contributed by atoms with Crippen LogP contribution in [0.5, 0.6) is 0 Å². The fourth-order valence-corrected chi connectivity index (χ4v) is 2.80. The summed E-state index contributed by atoms with van der Waals surface area (Å²) in [6.45, 7) is 0. The third-order valence-electron chi connectivity index (χ3n) is 2.47. The van der Waals surface area contributed by atoms with Crippen molar-refractivity contribution >= 4 is 46.0 Å². The third-order valence-corrected chi connectivity index (χ3v) is 4.29. The fraction of sp³-hybridized carbons (Fsp3) is 0.0714. The molecule has 0 radical (unpaired) electrons. The molecule has 0 aliphatic heterocycles. The van der Waals surface area contributed by atoms with Crippen molar-refractivity contribution in [2.24, 2.45) is 0 Å². The Kier molecular flexibility index (Phi) is 4.71. The lowest BCUT2D eigenvalue weighted by atomic mass is 10.1. The Morgan fingerprint density at radius 1 is 1.21 bits per heavy atom. The molecule has 0 aromatic heterocycles. The highest BCUT2D eigenvalue weighted by atomic mass is 127. The lowest BCUT2D eigenvalue weighted by Gasteiger charge is -2.07. The molecule has 2 rings (SSSR count). The molecular formula is C14H12INO2S. The summed E-state index contributed by atoms with van der Waals surface area (Å²) in [5.41, 5.74) is 7.29. The highest BCUT2D eigenvalue weighted by Crippen LogP contribution is 2.32. The molecule has 0 unspecified atom stereocenters. The molecule has 0 fully saturated rings. The number of hydrogen-bond acceptors (Lipinski definition) is 3. The van der Waals surface area contributed by atoms with Crippen LogP contribution in [0.1, 0.15) is 5.56 Å². The molecule has 0 atom stereocenters. The minimum Gasteiger partial charge on any atom is -0.481 e. The number of rotatable bonds is 4. The zero-order valence-corrected chi connectivity index (χ0v) is 12.9. The van der Waals surface area contributed by atoms with Gasteiger partial charge in [-0.2, -0.15) is 0 Å². The van der Waals surface area contributed by atoms with Gasteiger partial charge in [0.15, 0.2) is 0 Å². The first-order valence-electron chi connectivity index (χ1n) is 5.58. The van der Waals surface area contributed by atoms with Gasteiger partial charge in [-0.05, 0) is 64.6 Å². The Hall–Kier alpha value is -1.21. The van der Waals surface area contributed by atoms with E-state index in [1.54, 1.807) is 23.9 Å². The zero-order valence-electron chi connectivity index (χ0n) is 9.97. The van der Waals surface area contributed by atoms with Crippen LogP contribution in [0.25, 0.3) is 0 Å². The normalized spacial score (nSPS) is 10.4. The number of nitrogens with two attached hydrogens (primary N) is 1. The minimum absolute atomic E-state index is 0.00131. The first-order valence-corrected chi connectivity index (χ1v) is 7.48. The van der Waals surface area contributed by atoms with E-state index >= 15 is 0 Å². The van der Waals surface area contributed by atoms with Gasteiger partial charge in [0.25, 0.3) is 0 Å². The molecule has 2 aromatic carbocycles. The number of carbonyl (C=O) groups is 1. The number of carboxylic acids is 1. The SMILES string of the molecule is Nc1cc(CC(=O)O)ccc1Sc1ccc(I)cc1. The monoisotopic (exact) mass is 385 g/mol. The largest absolute Gasteiger partial charge is 0.481 e. The number of nitrogen functional groups attached to an aromatic ring is 1. The molecule has 0 amide bonds. The van der Waals surface area contributed by atoms with Gasteiger partial charge in [-0.15, -0.1) is 0 Å². The number of hydrogen-bond donors (Lipinski definition) is 2. The molecule has 3 nitrogen and oxygen atoms in total. The van der Waals surface area contributed by atoms with Crippen LogP contribution in [0.4, 0.5) is 5.69 Å². The summed E-state index contributed by atoms with van der Waals surface area (Å²) in [6, 6.07) is 13.6. The van der Waals surface area contributed by atoms with E-state index in [0.29, 0.717) is 5.69 Å². The van der Waals surface area contributed by atoms with Crippen LogP contribution in [-0.4, -0.2) is 11.1 Å². The van der Waals surface area contributed by atoms with Crippen molar-refractivity contribution in [2.75, 3.05) is 5.73 Å².